The summed E-state index contributed by atoms with van der Waals surface area (Å²) in [5.41, 5.74) is 3.15. The summed E-state index contributed by atoms with van der Waals surface area (Å²) >= 11 is 0. The van der Waals surface area contributed by atoms with E-state index in [1.165, 1.54) is 0 Å². The van der Waals surface area contributed by atoms with Crippen molar-refractivity contribution in [3.63, 3.8) is 0 Å². The minimum atomic E-state index is -0.913. The van der Waals surface area contributed by atoms with E-state index in [1.807, 2.05) is 48.7 Å². The predicted octanol–water partition coefficient (Wildman–Crippen LogP) is 2.88. The maximum Gasteiger partial charge on any atom is 0.118 e. The summed E-state index contributed by atoms with van der Waals surface area (Å²) in [4.78, 5) is 0. The molecule has 3 atom stereocenters. The van der Waals surface area contributed by atoms with Crippen molar-refractivity contribution in [2.75, 3.05) is 13.7 Å². The Labute approximate surface area is 152 Å². The van der Waals surface area contributed by atoms with Crippen LogP contribution in [-0.4, -0.2) is 40.7 Å². The molecule has 1 saturated heterocycles. The fourth-order valence-corrected chi connectivity index (χ4v) is 3.62. The molecule has 0 spiro atoms. The zero-order chi connectivity index (χ0) is 18.1. The van der Waals surface area contributed by atoms with Gasteiger partial charge in [-0.15, -0.1) is 0 Å². The van der Waals surface area contributed by atoms with Gasteiger partial charge < -0.3 is 24.3 Å². The average Bonchev–Trinajstić information content (AvgIpc) is 3.03. The zero-order valence-corrected chi connectivity index (χ0v) is 14.7. The van der Waals surface area contributed by atoms with Gasteiger partial charge >= 0.3 is 0 Å². The standard InChI is InChI=1S/C21H23NO4/c1-25-15-8-6-14(7-9-15)12-22-13-17(16-4-2-3-5-18(16)22)21-20(24)19(23)10-11-26-21/h2-9,13,19-21,23-24H,10-12H2,1H3/t19-,20+,21-/m0/s1. The van der Waals surface area contributed by atoms with Crippen LogP contribution in [0.1, 0.15) is 23.7 Å². The second-order valence-electron chi connectivity index (χ2n) is 6.72. The molecule has 0 radical (unpaired) electrons. The van der Waals surface area contributed by atoms with E-state index >= 15 is 0 Å². The lowest BCUT2D eigenvalue weighted by Crippen LogP contribution is -2.39. The van der Waals surface area contributed by atoms with Crippen LogP contribution in [0, 0.1) is 0 Å². The molecule has 1 aliphatic heterocycles. The normalized spacial score (nSPS) is 23.3. The van der Waals surface area contributed by atoms with Gasteiger partial charge in [0.15, 0.2) is 0 Å². The number of methoxy groups -OCH3 is 1. The molecule has 1 aliphatic rings. The summed E-state index contributed by atoms with van der Waals surface area (Å²) in [5.74, 6) is 0.833. The monoisotopic (exact) mass is 353 g/mol. The Balaban J connectivity index is 1.71. The van der Waals surface area contributed by atoms with Crippen molar-refractivity contribution in [1.29, 1.82) is 0 Å². The van der Waals surface area contributed by atoms with Crippen molar-refractivity contribution in [2.45, 2.75) is 31.3 Å². The van der Waals surface area contributed by atoms with Crippen LogP contribution in [0.3, 0.4) is 0 Å². The molecule has 4 rings (SSSR count). The quantitative estimate of drug-likeness (QED) is 0.757. The Morgan fingerprint density at radius 3 is 2.65 bits per heavy atom. The topological polar surface area (TPSA) is 63.9 Å². The van der Waals surface area contributed by atoms with Crippen molar-refractivity contribution in [2.24, 2.45) is 0 Å². The molecule has 5 heteroatoms. The van der Waals surface area contributed by atoms with E-state index in [0.717, 1.165) is 27.8 Å². The van der Waals surface area contributed by atoms with Crippen LogP contribution >= 0.6 is 0 Å². The van der Waals surface area contributed by atoms with Gasteiger partial charge in [0.2, 0.25) is 0 Å². The summed E-state index contributed by atoms with van der Waals surface area (Å²) in [5, 5.41) is 21.5. The molecule has 1 aromatic heterocycles. The molecule has 2 heterocycles. The first kappa shape index (κ1) is 17.1. The molecule has 0 saturated carbocycles. The highest BCUT2D eigenvalue weighted by Crippen LogP contribution is 2.35. The van der Waals surface area contributed by atoms with Gasteiger partial charge in [-0.3, -0.25) is 0 Å². The summed E-state index contributed by atoms with van der Waals surface area (Å²) in [6.45, 7) is 1.15. The third-order valence-corrected chi connectivity index (χ3v) is 5.05. The molecular weight excluding hydrogens is 330 g/mol. The molecule has 0 bridgehead atoms. The van der Waals surface area contributed by atoms with E-state index in [2.05, 4.69) is 10.6 Å². The number of aliphatic hydroxyl groups excluding tert-OH is 2. The highest BCUT2D eigenvalue weighted by Gasteiger charge is 2.34. The molecule has 0 amide bonds. The molecule has 2 aromatic carbocycles. The lowest BCUT2D eigenvalue weighted by molar-refractivity contribution is -0.136. The molecule has 5 nitrogen and oxygen atoms in total. The SMILES string of the molecule is COc1ccc(Cn2cc([C@@H]3OCC[C@H](O)[C@H]3O)c3ccccc32)cc1. The van der Waals surface area contributed by atoms with Crippen molar-refractivity contribution in [3.05, 3.63) is 65.9 Å². The Morgan fingerprint density at radius 2 is 1.88 bits per heavy atom. The molecule has 0 aliphatic carbocycles. The smallest absolute Gasteiger partial charge is 0.118 e. The van der Waals surface area contributed by atoms with E-state index in [0.29, 0.717) is 19.6 Å². The number of nitrogens with zero attached hydrogens (tertiary/aromatic N) is 1. The lowest BCUT2D eigenvalue weighted by atomic mass is 9.96. The van der Waals surface area contributed by atoms with Gasteiger partial charge in [-0.2, -0.15) is 0 Å². The second kappa shape index (κ2) is 7.11. The summed E-state index contributed by atoms with van der Waals surface area (Å²) in [7, 11) is 1.66. The summed E-state index contributed by atoms with van der Waals surface area (Å²) in [6.07, 6.45) is 0.311. The van der Waals surface area contributed by atoms with Crippen molar-refractivity contribution in [1.82, 2.24) is 4.57 Å². The largest absolute Gasteiger partial charge is 0.497 e. The maximum atomic E-state index is 10.4. The minimum absolute atomic E-state index is 0.445. The van der Waals surface area contributed by atoms with Crippen LogP contribution in [0.5, 0.6) is 5.75 Å². The first-order valence-electron chi connectivity index (χ1n) is 8.86. The fraction of sp³-hybridized carbons (Fsp3) is 0.333. The van der Waals surface area contributed by atoms with E-state index in [4.69, 9.17) is 9.47 Å². The Hall–Kier alpha value is -2.34. The lowest BCUT2D eigenvalue weighted by Gasteiger charge is -2.31. The summed E-state index contributed by atoms with van der Waals surface area (Å²) < 4.78 is 13.2. The van der Waals surface area contributed by atoms with Gasteiger partial charge in [-0.05, 0) is 30.2 Å². The van der Waals surface area contributed by atoms with Gasteiger partial charge in [-0.1, -0.05) is 30.3 Å². The third kappa shape index (κ3) is 3.09. The number of ether oxygens (including phenoxy) is 2. The van der Waals surface area contributed by atoms with Crippen LogP contribution in [0.25, 0.3) is 10.9 Å². The molecule has 0 unspecified atom stereocenters. The number of fused-ring (bicyclic) bond motifs is 1. The second-order valence-corrected chi connectivity index (χ2v) is 6.72. The van der Waals surface area contributed by atoms with E-state index < -0.39 is 18.3 Å². The van der Waals surface area contributed by atoms with E-state index in [9.17, 15) is 10.2 Å². The number of aliphatic hydroxyl groups is 2. The zero-order valence-electron chi connectivity index (χ0n) is 14.7. The van der Waals surface area contributed by atoms with Crippen LogP contribution in [-0.2, 0) is 11.3 Å². The van der Waals surface area contributed by atoms with Crippen LogP contribution in [0.2, 0.25) is 0 Å². The van der Waals surface area contributed by atoms with E-state index in [1.54, 1.807) is 7.11 Å². The molecule has 3 aromatic rings. The van der Waals surface area contributed by atoms with Gasteiger partial charge in [-0.25, -0.2) is 0 Å². The number of hydrogen-bond donors (Lipinski definition) is 2. The minimum Gasteiger partial charge on any atom is -0.497 e. The summed E-state index contributed by atoms with van der Waals surface area (Å²) in [6, 6.07) is 16.1. The van der Waals surface area contributed by atoms with Crippen molar-refractivity contribution < 1.29 is 19.7 Å². The number of para-hydroxylation sites is 1. The molecule has 2 N–H and O–H groups in total. The fourth-order valence-electron chi connectivity index (χ4n) is 3.62. The van der Waals surface area contributed by atoms with Crippen molar-refractivity contribution >= 4 is 10.9 Å². The predicted molar refractivity (Wildman–Crippen MR) is 99.4 cm³/mol. The Kier molecular flexibility index (Phi) is 4.68. The highest BCUT2D eigenvalue weighted by molar-refractivity contribution is 5.84. The molecule has 136 valence electrons. The molecular formula is C21H23NO4. The number of hydrogen-bond acceptors (Lipinski definition) is 4. The number of benzene rings is 2. The van der Waals surface area contributed by atoms with Gasteiger partial charge in [0.25, 0.3) is 0 Å². The van der Waals surface area contributed by atoms with Gasteiger partial charge in [0, 0.05) is 29.2 Å². The van der Waals surface area contributed by atoms with Gasteiger partial charge in [0.1, 0.15) is 18.0 Å². The van der Waals surface area contributed by atoms with Crippen LogP contribution in [0.4, 0.5) is 0 Å². The maximum absolute atomic E-state index is 10.4. The first-order chi connectivity index (χ1) is 12.7. The average molecular weight is 353 g/mol. The first-order valence-corrected chi connectivity index (χ1v) is 8.86. The number of rotatable bonds is 4. The third-order valence-electron chi connectivity index (χ3n) is 5.05. The Bertz CT molecular complexity index is 887. The van der Waals surface area contributed by atoms with Crippen molar-refractivity contribution in [3.8, 4) is 5.75 Å². The highest BCUT2D eigenvalue weighted by atomic mass is 16.5. The number of aromatic nitrogens is 1. The Morgan fingerprint density at radius 1 is 1.12 bits per heavy atom. The van der Waals surface area contributed by atoms with Crippen LogP contribution < -0.4 is 4.74 Å². The molecule has 26 heavy (non-hydrogen) atoms. The van der Waals surface area contributed by atoms with Gasteiger partial charge in [0.05, 0.1) is 19.8 Å². The van der Waals surface area contributed by atoms with E-state index in [-0.39, 0.29) is 0 Å². The molecule has 1 fully saturated rings. The van der Waals surface area contributed by atoms with Crippen LogP contribution in [0.15, 0.2) is 54.7 Å².